The van der Waals surface area contributed by atoms with Gasteiger partial charge in [-0.1, -0.05) is 36.4 Å². The highest BCUT2D eigenvalue weighted by molar-refractivity contribution is 5.95. The molecule has 116 valence electrons. The van der Waals surface area contributed by atoms with Crippen LogP contribution in [0.25, 0.3) is 0 Å². The van der Waals surface area contributed by atoms with Crippen molar-refractivity contribution in [2.24, 2.45) is 0 Å². The third kappa shape index (κ3) is 3.45. The predicted octanol–water partition coefficient (Wildman–Crippen LogP) is 3.92. The van der Waals surface area contributed by atoms with Crippen LogP contribution in [-0.2, 0) is 4.79 Å². The van der Waals surface area contributed by atoms with Gasteiger partial charge in [-0.3, -0.25) is 4.79 Å². The zero-order chi connectivity index (χ0) is 16.1. The Labute approximate surface area is 130 Å². The summed E-state index contributed by atoms with van der Waals surface area (Å²) in [6.45, 7) is 3.45. The largest absolute Gasteiger partial charge is 0.477 e. The van der Waals surface area contributed by atoms with Crippen molar-refractivity contribution in [3.63, 3.8) is 0 Å². The molecule has 1 aromatic rings. The molecular weight excluding hydrogens is 278 g/mol. The van der Waals surface area contributed by atoms with Crippen molar-refractivity contribution in [3.8, 4) is 0 Å². The molecule has 1 aromatic carbocycles. The van der Waals surface area contributed by atoms with E-state index < -0.39 is 5.97 Å². The van der Waals surface area contributed by atoms with Gasteiger partial charge in [0.2, 0.25) is 0 Å². The van der Waals surface area contributed by atoms with Crippen LogP contribution in [0.3, 0.4) is 0 Å². The molecule has 0 saturated carbocycles. The Morgan fingerprint density at radius 1 is 1.23 bits per heavy atom. The van der Waals surface area contributed by atoms with Crippen molar-refractivity contribution in [3.05, 3.63) is 59.4 Å². The average Bonchev–Trinajstić information content (AvgIpc) is 2.46. The molecule has 0 spiro atoms. The van der Waals surface area contributed by atoms with E-state index in [1.54, 1.807) is 17.0 Å². The summed E-state index contributed by atoms with van der Waals surface area (Å²) in [6, 6.07) is 7.14. The first-order valence-electron chi connectivity index (χ1n) is 7.50. The van der Waals surface area contributed by atoms with Crippen molar-refractivity contribution in [1.29, 1.82) is 0 Å². The molecule has 0 fully saturated rings. The van der Waals surface area contributed by atoms with Crippen LogP contribution < -0.4 is 0 Å². The van der Waals surface area contributed by atoms with Crippen LogP contribution in [0.4, 0.5) is 0 Å². The standard InChI is InChI=1S/C18H21NO3/c1-13(15-9-6-7-10-16(15)14(2)20)19-12-8-4-3-5-11-17(19)18(21)22/h6-13H,3-5H2,1-2H3,(H,21,22). The van der Waals surface area contributed by atoms with Crippen LogP contribution in [0.15, 0.2) is 48.3 Å². The van der Waals surface area contributed by atoms with Crippen molar-refractivity contribution < 1.29 is 14.7 Å². The summed E-state index contributed by atoms with van der Waals surface area (Å²) >= 11 is 0. The molecule has 0 amide bonds. The first-order chi connectivity index (χ1) is 10.5. The first-order valence-corrected chi connectivity index (χ1v) is 7.50. The lowest BCUT2D eigenvalue weighted by Gasteiger charge is -2.30. The highest BCUT2D eigenvalue weighted by Gasteiger charge is 2.24. The average molecular weight is 299 g/mol. The molecule has 0 radical (unpaired) electrons. The maximum absolute atomic E-state index is 11.8. The fourth-order valence-corrected chi connectivity index (χ4v) is 2.72. The number of carbonyl (C=O) groups excluding carboxylic acids is 1. The number of hydrogen-bond donors (Lipinski definition) is 1. The minimum absolute atomic E-state index is 0.0145. The zero-order valence-corrected chi connectivity index (χ0v) is 13.0. The number of rotatable bonds is 4. The molecule has 22 heavy (non-hydrogen) atoms. The third-order valence-electron chi connectivity index (χ3n) is 3.88. The Hall–Kier alpha value is -2.36. The smallest absolute Gasteiger partial charge is 0.352 e. The Balaban J connectivity index is 2.45. The molecule has 1 aliphatic rings. The quantitative estimate of drug-likeness (QED) is 0.856. The highest BCUT2D eigenvalue weighted by Crippen LogP contribution is 2.29. The van der Waals surface area contributed by atoms with Crippen LogP contribution in [0.5, 0.6) is 0 Å². The maximum atomic E-state index is 11.8. The summed E-state index contributed by atoms with van der Waals surface area (Å²) in [4.78, 5) is 25.1. The van der Waals surface area contributed by atoms with Gasteiger partial charge in [0.05, 0.1) is 6.04 Å². The molecule has 4 heteroatoms. The predicted molar refractivity (Wildman–Crippen MR) is 85.4 cm³/mol. The Morgan fingerprint density at radius 2 is 1.95 bits per heavy atom. The number of carbonyl (C=O) groups is 2. The van der Waals surface area contributed by atoms with E-state index in [4.69, 9.17) is 0 Å². The van der Waals surface area contributed by atoms with Gasteiger partial charge < -0.3 is 10.0 Å². The van der Waals surface area contributed by atoms with Gasteiger partial charge >= 0.3 is 5.97 Å². The molecule has 1 N–H and O–H groups in total. The van der Waals surface area contributed by atoms with E-state index in [9.17, 15) is 14.7 Å². The Bertz CT molecular complexity index is 631. The second-order valence-corrected chi connectivity index (χ2v) is 5.44. The molecule has 0 aromatic heterocycles. The van der Waals surface area contributed by atoms with Crippen LogP contribution >= 0.6 is 0 Å². The Kier molecular flexibility index (Phi) is 5.15. The maximum Gasteiger partial charge on any atom is 0.352 e. The molecule has 1 atom stereocenters. The van der Waals surface area contributed by atoms with Gasteiger partial charge in [0.25, 0.3) is 0 Å². The minimum atomic E-state index is -0.946. The summed E-state index contributed by atoms with van der Waals surface area (Å²) in [5, 5.41) is 9.49. The lowest BCUT2D eigenvalue weighted by Crippen LogP contribution is -2.27. The summed E-state index contributed by atoms with van der Waals surface area (Å²) in [7, 11) is 0. The third-order valence-corrected chi connectivity index (χ3v) is 3.88. The van der Waals surface area contributed by atoms with Gasteiger partial charge in [0, 0.05) is 11.8 Å². The molecule has 1 aliphatic heterocycles. The van der Waals surface area contributed by atoms with Crippen molar-refractivity contribution in [2.75, 3.05) is 0 Å². The second kappa shape index (κ2) is 7.07. The minimum Gasteiger partial charge on any atom is -0.477 e. The van der Waals surface area contributed by atoms with Crippen molar-refractivity contribution >= 4 is 11.8 Å². The zero-order valence-electron chi connectivity index (χ0n) is 13.0. The van der Waals surface area contributed by atoms with E-state index in [0.717, 1.165) is 24.8 Å². The van der Waals surface area contributed by atoms with Gasteiger partial charge in [-0.05, 0) is 38.7 Å². The molecule has 0 saturated heterocycles. The number of carboxylic acid groups (broad SMARTS) is 1. The lowest BCUT2D eigenvalue weighted by atomic mass is 9.97. The summed E-state index contributed by atoms with van der Waals surface area (Å²) in [5.74, 6) is -0.960. The van der Waals surface area contributed by atoms with Gasteiger partial charge in [0.1, 0.15) is 5.70 Å². The van der Waals surface area contributed by atoms with E-state index in [2.05, 4.69) is 0 Å². The molecule has 1 unspecified atom stereocenters. The first kappa shape index (κ1) is 16.0. The van der Waals surface area contributed by atoms with Crippen molar-refractivity contribution in [2.45, 2.75) is 39.2 Å². The number of benzene rings is 1. The summed E-state index contributed by atoms with van der Waals surface area (Å²) in [5.41, 5.74) is 1.74. The van der Waals surface area contributed by atoms with Gasteiger partial charge in [-0.2, -0.15) is 0 Å². The topological polar surface area (TPSA) is 57.6 Å². The number of ketones is 1. The number of allylic oxidation sites excluding steroid dienone is 2. The number of hydrogen-bond acceptors (Lipinski definition) is 3. The SMILES string of the molecule is CC(=O)c1ccccc1C(C)N1C=CCCCC=C1C(=O)O. The summed E-state index contributed by atoms with van der Waals surface area (Å²) in [6.07, 6.45) is 8.17. The van der Waals surface area contributed by atoms with Gasteiger partial charge in [0.15, 0.2) is 5.78 Å². The van der Waals surface area contributed by atoms with E-state index in [0.29, 0.717) is 5.56 Å². The lowest BCUT2D eigenvalue weighted by molar-refractivity contribution is -0.134. The molecular formula is C18H21NO3. The normalized spacial score (nSPS) is 16.5. The molecule has 0 bridgehead atoms. The number of Topliss-reactive ketones (excluding diaryl/α,β-unsaturated/α-hetero) is 1. The fraction of sp³-hybridized carbons (Fsp3) is 0.333. The van der Waals surface area contributed by atoms with Crippen LogP contribution in [-0.4, -0.2) is 21.8 Å². The van der Waals surface area contributed by atoms with Crippen molar-refractivity contribution in [1.82, 2.24) is 4.90 Å². The second-order valence-electron chi connectivity index (χ2n) is 5.44. The number of carboxylic acids is 1. The van der Waals surface area contributed by atoms with E-state index in [-0.39, 0.29) is 17.5 Å². The number of aliphatic carboxylic acids is 1. The monoisotopic (exact) mass is 299 g/mol. The molecule has 4 nitrogen and oxygen atoms in total. The number of nitrogens with zero attached hydrogens (tertiary/aromatic N) is 1. The van der Waals surface area contributed by atoms with Crippen LogP contribution in [0, 0.1) is 0 Å². The molecule has 1 heterocycles. The fourth-order valence-electron chi connectivity index (χ4n) is 2.72. The van der Waals surface area contributed by atoms with Crippen LogP contribution in [0.1, 0.15) is 55.1 Å². The van der Waals surface area contributed by atoms with Crippen LogP contribution in [0.2, 0.25) is 0 Å². The highest BCUT2D eigenvalue weighted by atomic mass is 16.4. The van der Waals surface area contributed by atoms with Gasteiger partial charge in [-0.15, -0.1) is 0 Å². The van der Waals surface area contributed by atoms with E-state index in [1.165, 1.54) is 6.92 Å². The van der Waals surface area contributed by atoms with Gasteiger partial charge in [-0.25, -0.2) is 4.79 Å². The molecule has 2 rings (SSSR count). The molecule has 0 aliphatic carbocycles. The van der Waals surface area contributed by atoms with E-state index >= 15 is 0 Å². The summed E-state index contributed by atoms with van der Waals surface area (Å²) < 4.78 is 0. The van der Waals surface area contributed by atoms with E-state index in [1.807, 2.05) is 37.4 Å². The Morgan fingerprint density at radius 3 is 2.64 bits per heavy atom.